The number of carbonyl (C=O) groups is 2. The van der Waals surface area contributed by atoms with E-state index in [9.17, 15) is 14.7 Å². The second kappa shape index (κ2) is 7.93. The van der Waals surface area contributed by atoms with E-state index in [1.54, 1.807) is 11.8 Å². The van der Waals surface area contributed by atoms with Gasteiger partial charge in [-0.1, -0.05) is 43.3 Å². The smallest absolute Gasteiger partial charge is 0.290 e. The van der Waals surface area contributed by atoms with E-state index in [0.29, 0.717) is 17.1 Å². The number of ketones is 1. The molecule has 0 bridgehead atoms. The minimum Gasteiger partial charge on any atom is -0.503 e. The minimum atomic E-state index is -0.559. The number of aryl methyl sites for hydroxylation is 1. The maximum absolute atomic E-state index is 13.5. The summed E-state index contributed by atoms with van der Waals surface area (Å²) in [5.41, 5.74) is 1.69. The Morgan fingerprint density at radius 2 is 1.97 bits per heavy atom. The van der Waals surface area contributed by atoms with E-state index in [-0.39, 0.29) is 11.4 Å². The van der Waals surface area contributed by atoms with Crippen molar-refractivity contribution in [1.82, 2.24) is 9.88 Å². The van der Waals surface area contributed by atoms with Crippen LogP contribution >= 0.6 is 22.7 Å². The third-order valence-electron chi connectivity index (χ3n) is 4.85. The Labute approximate surface area is 177 Å². The number of thiazole rings is 1. The Hall–Kier alpha value is -2.77. The van der Waals surface area contributed by atoms with E-state index in [4.69, 9.17) is 0 Å². The lowest BCUT2D eigenvalue weighted by Crippen LogP contribution is -2.31. The molecule has 0 aliphatic carbocycles. The van der Waals surface area contributed by atoms with Crippen LogP contribution in [0.4, 0.5) is 0 Å². The summed E-state index contributed by atoms with van der Waals surface area (Å²) in [6, 6.07) is 12.9. The van der Waals surface area contributed by atoms with Crippen LogP contribution in [0, 0.1) is 6.92 Å². The van der Waals surface area contributed by atoms with Crippen molar-refractivity contribution < 1.29 is 14.7 Å². The van der Waals surface area contributed by atoms with Gasteiger partial charge < -0.3 is 10.0 Å². The highest BCUT2D eigenvalue weighted by Gasteiger charge is 2.44. The first kappa shape index (κ1) is 19.5. The number of hydrogen-bond acceptors (Lipinski definition) is 6. The number of aliphatic hydroxyl groups excluding tert-OH is 1. The molecule has 1 aliphatic rings. The fourth-order valence-corrected chi connectivity index (χ4v) is 5.40. The molecule has 1 aromatic carbocycles. The third kappa shape index (κ3) is 3.41. The summed E-state index contributed by atoms with van der Waals surface area (Å²) in [6.45, 7) is 4.22. The van der Waals surface area contributed by atoms with Crippen LogP contribution in [0.15, 0.2) is 59.2 Å². The fourth-order valence-electron chi connectivity index (χ4n) is 3.53. The van der Waals surface area contributed by atoms with E-state index in [2.05, 4.69) is 4.98 Å². The summed E-state index contributed by atoms with van der Waals surface area (Å²) in [6.07, 6.45) is 0.736. The van der Waals surface area contributed by atoms with Crippen molar-refractivity contribution in [3.63, 3.8) is 0 Å². The van der Waals surface area contributed by atoms with Crippen molar-refractivity contribution in [2.24, 2.45) is 0 Å². The van der Waals surface area contributed by atoms with Gasteiger partial charge in [-0.05, 0) is 24.8 Å². The molecule has 1 unspecified atom stereocenters. The van der Waals surface area contributed by atoms with Crippen LogP contribution in [0.2, 0.25) is 0 Å². The first-order chi connectivity index (χ1) is 14.0. The van der Waals surface area contributed by atoms with Crippen molar-refractivity contribution >= 4 is 34.4 Å². The molecule has 0 fully saturated rings. The fraction of sp³-hybridized carbons (Fsp3) is 0.227. The van der Waals surface area contributed by atoms with Gasteiger partial charge in [0.1, 0.15) is 5.01 Å². The van der Waals surface area contributed by atoms with Gasteiger partial charge in [-0.2, -0.15) is 0 Å². The molecular formula is C22H20N2O3S2. The molecule has 1 atom stereocenters. The number of hydrogen-bond donors (Lipinski definition) is 1. The van der Waals surface area contributed by atoms with Crippen molar-refractivity contribution in [3.8, 4) is 10.6 Å². The van der Waals surface area contributed by atoms with Gasteiger partial charge in [0.15, 0.2) is 5.76 Å². The number of thiophene rings is 1. The largest absolute Gasteiger partial charge is 0.503 e. The molecule has 0 saturated heterocycles. The molecule has 3 aromatic rings. The van der Waals surface area contributed by atoms with Crippen LogP contribution < -0.4 is 0 Å². The molecule has 4 rings (SSSR count). The molecule has 7 heteroatoms. The van der Waals surface area contributed by atoms with E-state index in [0.717, 1.165) is 21.9 Å². The van der Waals surface area contributed by atoms with E-state index >= 15 is 0 Å². The number of benzene rings is 1. The van der Waals surface area contributed by atoms with Crippen LogP contribution in [0.3, 0.4) is 0 Å². The Bertz CT molecular complexity index is 1080. The summed E-state index contributed by atoms with van der Waals surface area (Å²) in [7, 11) is 0. The normalized spacial score (nSPS) is 16.7. The number of aromatic nitrogens is 1. The van der Waals surface area contributed by atoms with Gasteiger partial charge in [-0.15, -0.1) is 22.7 Å². The SMILES string of the molecule is CCCN1C(=O)C(O)=C(C(=O)c2sc(-c3ccccc3)nc2C)C1c1cccs1. The molecule has 148 valence electrons. The summed E-state index contributed by atoms with van der Waals surface area (Å²) >= 11 is 2.77. The Morgan fingerprint density at radius 1 is 1.21 bits per heavy atom. The molecule has 0 radical (unpaired) electrons. The molecular weight excluding hydrogens is 404 g/mol. The highest BCUT2D eigenvalue weighted by molar-refractivity contribution is 7.17. The van der Waals surface area contributed by atoms with Gasteiger partial charge in [0.2, 0.25) is 5.78 Å². The van der Waals surface area contributed by atoms with Gasteiger partial charge >= 0.3 is 0 Å². The van der Waals surface area contributed by atoms with Crippen molar-refractivity contribution in [1.29, 1.82) is 0 Å². The Kier molecular flexibility index (Phi) is 5.34. The molecule has 1 N–H and O–H groups in total. The summed E-state index contributed by atoms with van der Waals surface area (Å²) in [4.78, 5) is 33.7. The summed E-state index contributed by atoms with van der Waals surface area (Å²) in [5.74, 6) is -1.26. The number of Topliss-reactive ketones (excluding diaryl/α,β-unsaturated/α-hetero) is 1. The third-order valence-corrected chi connectivity index (χ3v) is 6.98. The lowest BCUT2D eigenvalue weighted by Gasteiger charge is -2.25. The monoisotopic (exact) mass is 424 g/mol. The number of aliphatic hydroxyl groups is 1. The van der Waals surface area contributed by atoms with E-state index < -0.39 is 17.7 Å². The second-order valence-corrected chi connectivity index (χ2v) is 8.79. The molecule has 1 aliphatic heterocycles. The number of rotatable bonds is 6. The summed E-state index contributed by atoms with van der Waals surface area (Å²) in [5, 5.41) is 13.3. The average molecular weight is 425 g/mol. The molecule has 0 spiro atoms. The lowest BCUT2D eigenvalue weighted by molar-refractivity contribution is -0.129. The van der Waals surface area contributed by atoms with Gasteiger partial charge in [0.25, 0.3) is 5.91 Å². The quantitative estimate of drug-likeness (QED) is 0.554. The number of carbonyl (C=O) groups excluding carboxylic acids is 2. The lowest BCUT2D eigenvalue weighted by atomic mass is 10.0. The molecule has 3 heterocycles. The zero-order valence-electron chi connectivity index (χ0n) is 16.1. The van der Waals surface area contributed by atoms with E-state index in [1.165, 1.54) is 22.7 Å². The maximum Gasteiger partial charge on any atom is 0.290 e. The van der Waals surface area contributed by atoms with Crippen LogP contribution in [0.5, 0.6) is 0 Å². The molecule has 29 heavy (non-hydrogen) atoms. The van der Waals surface area contributed by atoms with Crippen molar-refractivity contribution in [3.05, 3.63) is 74.6 Å². The topological polar surface area (TPSA) is 70.5 Å². The number of nitrogens with zero attached hydrogens (tertiary/aromatic N) is 2. The first-order valence-corrected chi connectivity index (χ1v) is 11.1. The van der Waals surface area contributed by atoms with Gasteiger partial charge in [0.05, 0.1) is 22.2 Å². The molecule has 2 aromatic heterocycles. The highest BCUT2D eigenvalue weighted by Crippen LogP contribution is 2.42. The zero-order valence-corrected chi connectivity index (χ0v) is 17.7. The van der Waals surface area contributed by atoms with Gasteiger partial charge in [-0.25, -0.2) is 4.98 Å². The van der Waals surface area contributed by atoms with Crippen LogP contribution in [0.1, 0.15) is 39.6 Å². The van der Waals surface area contributed by atoms with Crippen LogP contribution in [-0.4, -0.2) is 33.2 Å². The van der Waals surface area contributed by atoms with Gasteiger partial charge in [0, 0.05) is 17.0 Å². The Morgan fingerprint density at radius 3 is 2.62 bits per heavy atom. The summed E-state index contributed by atoms with van der Waals surface area (Å²) < 4.78 is 0. The van der Waals surface area contributed by atoms with Crippen LogP contribution in [-0.2, 0) is 4.79 Å². The first-order valence-electron chi connectivity index (χ1n) is 9.38. The van der Waals surface area contributed by atoms with Gasteiger partial charge in [-0.3, -0.25) is 9.59 Å². The second-order valence-electron chi connectivity index (χ2n) is 6.81. The maximum atomic E-state index is 13.5. The predicted octanol–water partition coefficient (Wildman–Crippen LogP) is 5.17. The number of amides is 1. The van der Waals surface area contributed by atoms with Crippen molar-refractivity contribution in [2.45, 2.75) is 26.3 Å². The Balaban J connectivity index is 1.77. The molecule has 1 amide bonds. The molecule has 0 saturated carbocycles. The predicted molar refractivity (Wildman–Crippen MR) is 115 cm³/mol. The average Bonchev–Trinajstić information content (AvgIpc) is 3.44. The standard InChI is InChI=1S/C22H20N2O3S2/c1-3-11-24-17(15-10-7-12-28-15)16(19(26)22(24)27)18(25)20-13(2)23-21(29-20)14-8-5-4-6-9-14/h4-10,12,17,26H,3,11H2,1-2H3. The van der Waals surface area contributed by atoms with E-state index in [1.807, 2.05) is 54.8 Å². The molecule has 5 nitrogen and oxygen atoms in total. The zero-order chi connectivity index (χ0) is 20.5. The van der Waals surface area contributed by atoms with Crippen molar-refractivity contribution in [2.75, 3.05) is 6.54 Å². The van der Waals surface area contributed by atoms with Crippen LogP contribution in [0.25, 0.3) is 10.6 Å². The minimum absolute atomic E-state index is 0.150. The highest BCUT2D eigenvalue weighted by atomic mass is 32.1.